The Labute approximate surface area is 188 Å². The van der Waals surface area contributed by atoms with Crippen LogP contribution in [0.4, 0.5) is 15.0 Å². The molecule has 32 heavy (non-hydrogen) atoms. The molecular weight excluding hydrogens is 418 g/mol. The van der Waals surface area contributed by atoms with Gasteiger partial charge in [-0.05, 0) is 73.4 Å². The number of piperidine rings is 1. The van der Waals surface area contributed by atoms with Crippen LogP contribution in [0.25, 0.3) is 0 Å². The van der Waals surface area contributed by atoms with E-state index in [0.29, 0.717) is 18.6 Å². The molecule has 2 fully saturated rings. The third-order valence-electron chi connectivity index (χ3n) is 5.92. The first-order chi connectivity index (χ1) is 14.6. The Morgan fingerprint density at radius 1 is 1.16 bits per heavy atom. The minimum Gasteiger partial charge on any atom is -0.444 e. The smallest absolute Gasteiger partial charge is 0.444 e. The van der Waals surface area contributed by atoms with Crippen LogP contribution in [0.3, 0.4) is 0 Å². The summed E-state index contributed by atoms with van der Waals surface area (Å²) in [6.07, 6.45) is -0.300. The van der Waals surface area contributed by atoms with E-state index in [1.165, 1.54) is 11.0 Å². The van der Waals surface area contributed by atoms with Crippen molar-refractivity contribution >= 4 is 30.5 Å². The predicted molar refractivity (Wildman–Crippen MR) is 117 cm³/mol. The average Bonchev–Trinajstić information content (AvgIpc) is 2.88. The molecule has 0 saturated carbocycles. The Morgan fingerprint density at radius 2 is 1.78 bits per heavy atom. The van der Waals surface area contributed by atoms with Gasteiger partial charge in [0.05, 0.1) is 23.3 Å². The van der Waals surface area contributed by atoms with Crippen molar-refractivity contribution in [3.05, 3.63) is 12.1 Å². The fourth-order valence-corrected chi connectivity index (χ4v) is 3.41. The standard InChI is InChI=1S/C21H32BFN4O5/c1-18(2,3)30-17(29)27-12-8-11-21(23,13-27)16(28)24-15-10-9-14(25-26-15)22-31-19(4,5)20(6,7)32-22/h9-10H,8,11-13H2,1-7H3,(H,24,26,28). The first-order valence-electron chi connectivity index (χ1n) is 10.8. The van der Waals surface area contributed by atoms with Crippen molar-refractivity contribution in [2.45, 2.75) is 83.8 Å². The number of hydrogen-bond acceptors (Lipinski definition) is 7. The van der Waals surface area contributed by atoms with Crippen LogP contribution < -0.4 is 10.9 Å². The van der Waals surface area contributed by atoms with Crippen molar-refractivity contribution in [1.82, 2.24) is 15.1 Å². The highest BCUT2D eigenvalue weighted by molar-refractivity contribution is 6.61. The van der Waals surface area contributed by atoms with E-state index in [1.807, 2.05) is 27.7 Å². The minimum atomic E-state index is -2.25. The largest absolute Gasteiger partial charge is 0.516 e. The zero-order chi connectivity index (χ0) is 23.9. The molecule has 176 valence electrons. The highest BCUT2D eigenvalue weighted by atomic mass is 19.1. The van der Waals surface area contributed by atoms with Gasteiger partial charge in [0, 0.05) is 6.54 Å². The zero-order valence-electron chi connectivity index (χ0n) is 19.8. The lowest BCUT2D eigenvalue weighted by Gasteiger charge is -2.36. The summed E-state index contributed by atoms with van der Waals surface area (Å²) in [6.45, 7) is 12.9. The van der Waals surface area contributed by atoms with E-state index < -0.39 is 41.6 Å². The first kappa shape index (κ1) is 24.4. The van der Waals surface area contributed by atoms with Gasteiger partial charge in [-0.15, -0.1) is 5.10 Å². The number of amides is 2. The van der Waals surface area contributed by atoms with E-state index in [2.05, 4.69) is 15.5 Å². The van der Waals surface area contributed by atoms with Gasteiger partial charge in [-0.1, -0.05) is 0 Å². The molecule has 0 radical (unpaired) electrons. The second-order valence-electron chi connectivity index (χ2n) is 10.4. The molecule has 0 bridgehead atoms. The molecule has 0 aliphatic carbocycles. The van der Waals surface area contributed by atoms with E-state index in [9.17, 15) is 9.59 Å². The van der Waals surface area contributed by atoms with Crippen LogP contribution >= 0.6 is 0 Å². The van der Waals surface area contributed by atoms with Crippen LogP contribution in [0.15, 0.2) is 12.1 Å². The van der Waals surface area contributed by atoms with E-state index in [-0.39, 0.29) is 18.8 Å². The van der Waals surface area contributed by atoms with Gasteiger partial charge in [0.2, 0.25) is 5.67 Å². The average molecular weight is 450 g/mol. The summed E-state index contributed by atoms with van der Waals surface area (Å²) in [6, 6.07) is 3.13. The van der Waals surface area contributed by atoms with Crippen molar-refractivity contribution in [2.24, 2.45) is 0 Å². The second-order valence-corrected chi connectivity index (χ2v) is 10.4. The Morgan fingerprint density at radius 3 is 2.31 bits per heavy atom. The first-order valence-corrected chi connectivity index (χ1v) is 10.8. The normalized spacial score (nSPS) is 24.9. The van der Waals surface area contributed by atoms with Gasteiger partial charge >= 0.3 is 13.2 Å². The highest BCUT2D eigenvalue weighted by Gasteiger charge is 2.52. The molecule has 3 heterocycles. The molecule has 2 aliphatic heterocycles. The molecule has 0 spiro atoms. The molecule has 2 amide bonds. The minimum absolute atomic E-state index is 0.00242. The third-order valence-corrected chi connectivity index (χ3v) is 5.92. The molecule has 11 heteroatoms. The number of rotatable bonds is 3. The van der Waals surface area contributed by atoms with Crippen LogP contribution in [0, 0.1) is 0 Å². The van der Waals surface area contributed by atoms with E-state index in [1.54, 1.807) is 26.8 Å². The van der Waals surface area contributed by atoms with E-state index >= 15 is 4.39 Å². The van der Waals surface area contributed by atoms with E-state index in [0.717, 1.165) is 0 Å². The van der Waals surface area contributed by atoms with Gasteiger partial charge in [0.1, 0.15) is 5.60 Å². The number of ether oxygens (including phenoxy) is 1. The molecule has 3 rings (SSSR count). The summed E-state index contributed by atoms with van der Waals surface area (Å²) in [5.74, 6) is -0.773. The number of aromatic nitrogens is 2. The van der Waals surface area contributed by atoms with Gasteiger partial charge in [-0.3, -0.25) is 4.79 Å². The lowest BCUT2D eigenvalue weighted by Crippen LogP contribution is -2.54. The van der Waals surface area contributed by atoms with Gasteiger partial charge in [0.15, 0.2) is 5.82 Å². The number of anilines is 1. The quantitative estimate of drug-likeness (QED) is 0.706. The van der Waals surface area contributed by atoms with Crippen LogP contribution in [0.1, 0.15) is 61.3 Å². The molecule has 2 saturated heterocycles. The molecule has 2 aliphatic rings. The van der Waals surface area contributed by atoms with Gasteiger partial charge in [-0.2, -0.15) is 5.10 Å². The molecule has 1 atom stereocenters. The summed E-state index contributed by atoms with van der Waals surface area (Å²) in [5, 5.41) is 10.5. The fourth-order valence-electron chi connectivity index (χ4n) is 3.41. The predicted octanol–water partition coefficient (Wildman–Crippen LogP) is 2.45. The summed E-state index contributed by atoms with van der Waals surface area (Å²) in [4.78, 5) is 26.2. The number of carbonyl (C=O) groups excluding carboxylic acids is 2. The Bertz CT molecular complexity index is 858. The molecule has 0 aromatic carbocycles. The Balaban J connectivity index is 1.63. The van der Waals surface area contributed by atoms with Crippen LogP contribution in [-0.2, 0) is 18.8 Å². The topological polar surface area (TPSA) is 103 Å². The monoisotopic (exact) mass is 450 g/mol. The van der Waals surface area contributed by atoms with Crippen LogP contribution in [0.5, 0.6) is 0 Å². The molecule has 9 nitrogen and oxygen atoms in total. The lowest BCUT2D eigenvalue weighted by atomic mass is 9.85. The summed E-state index contributed by atoms with van der Waals surface area (Å²) in [7, 11) is -0.689. The van der Waals surface area contributed by atoms with Crippen molar-refractivity contribution in [2.75, 3.05) is 18.4 Å². The molecule has 1 N–H and O–H groups in total. The lowest BCUT2D eigenvalue weighted by molar-refractivity contribution is -0.130. The Hall–Kier alpha value is -2.27. The Kier molecular flexibility index (Phi) is 6.29. The number of likely N-dealkylation sites (tertiary alicyclic amines) is 1. The summed E-state index contributed by atoms with van der Waals surface area (Å²) >= 11 is 0. The SMILES string of the molecule is CC(C)(C)OC(=O)N1CCCC(F)(C(=O)Nc2ccc(B3OC(C)(C)C(C)(C)O3)nn2)C1. The maximum atomic E-state index is 15.4. The number of nitrogens with zero attached hydrogens (tertiary/aromatic N) is 3. The van der Waals surface area contributed by atoms with Crippen molar-refractivity contribution in [1.29, 1.82) is 0 Å². The van der Waals surface area contributed by atoms with Gasteiger partial charge in [0.25, 0.3) is 5.91 Å². The fraction of sp³-hybridized carbons (Fsp3) is 0.714. The van der Waals surface area contributed by atoms with Crippen molar-refractivity contribution < 1.29 is 28.0 Å². The molecule has 1 aromatic rings. The zero-order valence-corrected chi connectivity index (χ0v) is 19.8. The van der Waals surface area contributed by atoms with Gasteiger partial charge < -0.3 is 24.3 Å². The van der Waals surface area contributed by atoms with Crippen molar-refractivity contribution in [3.8, 4) is 0 Å². The third kappa shape index (κ3) is 5.20. The maximum Gasteiger partial charge on any atom is 0.516 e. The number of nitrogens with one attached hydrogen (secondary N) is 1. The second kappa shape index (κ2) is 8.26. The van der Waals surface area contributed by atoms with Crippen LogP contribution in [-0.4, -0.2) is 69.8 Å². The highest BCUT2D eigenvalue weighted by Crippen LogP contribution is 2.36. The molecule has 1 unspecified atom stereocenters. The molecular formula is C21H32BFN4O5. The number of carbonyl (C=O) groups is 2. The number of halogens is 1. The van der Waals surface area contributed by atoms with E-state index in [4.69, 9.17) is 14.0 Å². The summed E-state index contributed by atoms with van der Waals surface area (Å²) in [5.41, 5.74) is -3.54. The van der Waals surface area contributed by atoms with Crippen molar-refractivity contribution in [3.63, 3.8) is 0 Å². The van der Waals surface area contributed by atoms with Crippen LogP contribution in [0.2, 0.25) is 0 Å². The summed E-state index contributed by atoms with van der Waals surface area (Å²) < 4.78 is 32.6. The maximum absolute atomic E-state index is 15.4. The van der Waals surface area contributed by atoms with Gasteiger partial charge in [-0.25, -0.2) is 9.18 Å². The molecule has 1 aromatic heterocycles. The number of hydrogen-bond donors (Lipinski definition) is 1. The number of alkyl halides is 1.